The summed E-state index contributed by atoms with van der Waals surface area (Å²) in [6.07, 6.45) is 3.10. The van der Waals surface area contributed by atoms with Gasteiger partial charge in [-0.3, -0.25) is 4.79 Å². The Morgan fingerprint density at radius 1 is 1.08 bits per heavy atom. The minimum absolute atomic E-state index is 0.0638. The summed E-state index contributed by atoms with van der Waals surface area (Å²) in [4.78, 5) is 14.0. The van der Waals surface area contributed by atoms with Gasteiger partial charge in [0.25, 0.3) is 0 Å². The fraction of sp³-hybridized carbons (Fsp3) is 0.409. The third-order valence-corrected chi connectivity index (χ3v) is 4.90. The van der Waals surface area contributed by atoms with Gasteiger partial charge in [0, 0.05) is 31.2 Å². The van der Waals surface area contributed by atoms with Crippen molar-refractivity contribution >= 4 is 11.6 Å². The second-order valence-corrected chi connectivity index (χ2v) is 7.16. The van der Waals surface area contributed by atoms with Crippen molar-refractivity contribution in [1.29, 1.82) is 0 Å². The largest absolute Gasteiger partial charge is 0.367 e. The summed E-state index contributed by atoms with van der Waals surface area (Å²) in [6, 6.07) is 17.7. The van der Waals surface area contributed by atoms with E-state index in [1.165, 1.54) is 22.4 Å². The van der Waals surface area contributed by atoms with Gasteiger partial charge in [0.1, 0.15) is 0 Å². The molecule has 25 heavy (non-hydrogen) atoms. The maximum absolute atomic E-state index is 11.5. The van der Waals surface area contributed by atoms with Gasteiger partial charge in [0.05, 0.1) is 0 Å². The third-order valence-electron chi connectivity index (χ3n) is 4.90. The zero-order valence-corrected chi connectivity index (χ0v) is 15.3. The molecule has 0 saturated heterocycles. The number of hydrogen-bond donors (Lipinski definition) is 1. The highest BCUT2D eigenvalue weighted by Crippen LogP contribution is 2.24. The van der Waals surface area contributed by atoms with E-state index in [0.717, 1.165) is 38.9 Å². The lowest BCUT2D eigenvalue weighted by molar-refractivity contribution is -0.123. The lowest BCUT2D eigenvalue weighted by atomic mass is 9.99. The van der Waals surface area contributed by atoms with E-state index in [1.54, 1.807) is 0 Å². The fourth-order valence-corrected chi connectivity index (χ4v) is 3.30. The molecule has 0 aliphatic carbocycles. The summed E-state index contributed by atoms with van der Waals surface area (Å²) >= 11 is 0. The van der Waals surface area contributed by atoms with Crippen LogP contribution in [0.1, 0.15) is 37.0 Å². The Balaban J connectivity index is 1.50. The number of hydrogen-bond acceptors (Lipinski definition) is 2. The number of fused-ring (bicyclic) bond motifs is 1. The third kappa shape index (κ3) is 4.62. The number of rotatable bonds is 6. The van der Waals surface area contributed by atoms with Crippen LogP contribution < -0.4 is 10.2 Å². The molecule has 1 amide bonds. The molecule has 2 aromatic rings. The number of carbonyl (C=O) groups excluding carboxylic acids is 1. The minimum atomic E-state index is 0.0638. The second kappa shape index (κ2) is 8.19. The molecular weight excluding hydrogens is 308 g/mol. The Labute approximate surface area is 151 Å². The molecule has 0 unspecified atom stereocenters. The van der Waals surface area contributed by atoms with E-state index in [2.05, 4.69) is 58.7 Å². The molecule has 1 heterocycles. The van der Waals surface area contributed by atoms with E-state index < -0.39 is 0 Å². The zero-order valence-electron chi connectivity index (χ0n) is 15.3. The second-order valence-electron chi connectivity index (χ2n) is 7.16. The molecular formula is C22H28N2O. The van der Waals surface area contributed by atoms with E-state index in [1.807, 2.05) is 13.8 Å². The molecule has 1 aliphatic heterocycles. The smallest absolute Gasteiger partial charge is 0.222 e. The summed E-state index contributed by atoms with van der Waals surface area (Å²) in [6.45, 7) is 6.68. The van der Waals surface area contributed by atoms with Crippen molar-refractivity contribution in [2.75, 3.05) is 18.0 Å². The number of anilines is 1. The fourth-order valence-electron chi connectivity index (χ4n) is 3.30. The Hall–Kier alpha value is -2.29. The first-order valence-electron chi connectivity index (χ1n) is 9.32. The Kier molecular flexibility index (Phi) is 5.75. The Morgan fingerprint density at radius 3 is 2.52 bits per heavy atom. The maximum Gasteiger partial charge on any atom is 0.222 e. The van der Waals surface area contributed by atoms with Crippen LogP contribution in [0.3, 0.4) is 0 Å². The molecule has 3 rings (SSSR count). The molecule has 0 bridgehead atoms. The van der Waals surface area contributed by atoms with Gasteiger partial charge in [-0.25, -0.2) is 0 Å². The van der Waals surface area contributed by atoms with Crippen molar-refractivity contribution in [3.05, 3.63) is 65.2 Å². The molecule has 3 nitrogen and oxygen atoms in total. The number of carbonyl (C=O) groups is 1. The molecule has 0 saturated carbocycles. The van der Waals surface area contributed by atoms with Gasteiger partial charge in [0.15, 0.2) is 0 Å². The van der Waals surface area contributed by atoms with Crippen molar-refractivity contribution in [1.82, 2.24) is 5.32 Å². The van der Waals surface area contributed by atoms with Crippen LogP contribution in [-0.4, -0.2) is 19.0 Å². The molecule has 0 aromatic heterocycles. The van der Waals surface area contributed by atoms with Crippen LogP contribution in [0.5, 0.6) is 0 Å². The number of nitrogens with one attached hydrogen (secondary N) is 1. The average molecular weight is 336 g/mol. The van der Waals surface area contributed by atoms with Gasteiger partial charge < -0.3 is 10.2 Å². The van der Waals surface area contributed by atoms with Gasteiger partial charge >= 0.3 is 0 Å². The van der Waals surface area contributed by atoms with E-state index in [-0.39, 0.29) is 11.8 Å². The number of amides is 1. The first-order valence-corrected chi connectivity index (χ1v) is 9.32. The highest BCUT2D eigenvalue weighted by molar-refractivity contribution is 5.77. The van der Waals surface area contributed by atoms with Crippen molar-refractivity contribution in [2.24, 2.45) is 5.92 Å². The van der Waals surface area contributed by atoms with E-state index in [4.69, 9.17) is 0 Å². The zero-order chi connectivity index (χ0) is 17.6. The highest BCUT2D eigenvalue weighted by Gasteiger charge is 2.15. The molecule has 2 aromatic carbocycles. The number of nitrogens with zero attached hydrogens (tertiary/aromatic N) is 1. The first kappa shape index (κ1) is 17.5. The molecule has 132 valence electrons. The van der Waals surface area contributed by atoms with Crippen LogP contribution in [0.4, 0.5) is 5.69 Å². The minimum Gasteiger partial charge on any atom is -0.367 e. The first-order chi connectivity index (χ1) is 12.1. The van der Waals surface area contributed by atoms with Crippen LogP contribution >= 0.6 is 0 Å². The molecule has 1 aliphatic rings. The van der Waals surface area contributed by atoms with Crippen LogP contribution in [0.2, 0.25) is 0 Å². The lowest BCUT2D eigenvalue weighted by Crippen LogP contribution is -2.30. The molecule has 1 N–H and O–H groups in total. The molecule has 0 radical (unpaired) electrons. The van der Waals surface area contributed by atoms with Gasteiger partial charge in [-0.15, -0.1) is 0 Å². The topological polar surface area (TPSA) is 32.3 Å². The van der Waals surface area contributed by atoms with E-state index in [0.29, 0.717) is 0 Å². The van der Waals surface area contributed by atoms with Crippen LogP contribution in [0.15, 0.2) is 48.5 Å². The van der Waals surface area contributed by atoms with Crippen molar-refractivity contribution in [2.45, 2.75) is 39.7 Å². The van der Waals surface area contributed by atoms with Crippen LogP contribution in [0.25, 0.3) is 0 Å². The Bertz CT molecular complexity index is 706. The summed E-state index contributed by atoms with van der Waals surface area (Å²) in [7, 11) is 0. The quantitative estimate of drug-likeness (QED) is 0.810. The summed E-state index contributed by atoms with van der Waals surface area (Å²) < 4.78 is 0. The molecule has 0 spiro atoms. The van der Waals surface area contributed by atoms with E-state index in [9.17, 15) is 4.79 Å². The van der Waals surface area contributed by atoms with Gasteiger partial charge in [-0.05, 0) is 48.1 Å². The highest BCUT2D eigenvalue weighted by atomic mass is 16.1. The van der Waals surface area contributed by atoms with Crippen molar-refractivity contribution < 1.29 is 4.79 Å². The van der Waals surface area contributed by atoms with Crippen molar-refractivity contribution in [3.8, 4) is 0 Å². The SMILES string of the molecule is CC(C)C(=O)NCCCc1ccc(N2CCc3ccccc3C2)cc1. The normalized spacial score (nSPS) is 13.6. The number of benzene rings is 2. The maximum atomic E-state index is 11.5. The molecule has 0 atom stereocenters. The lowest BCUT2D eigenvalue weighted by Gasteiger charge is -2.30. The van der Waals surface area contributed by atoms with Gasteiger partial charge in [-0.1, -0.05) is 50.2 Å². The van der Waals surface area contributed by atoms with E-state index >= 15 is 0 Å². The predicted octanol–water partition coefficient (Wildman–Crippen LogP) is 3.95. The standard InChI is InChI=1S/C22H28N2O/c1-17(2)22(25)23-14-5-6-18-9-11-21(12-10-18)24-15-13-19-7-3-4-8-20(19)16-24/h3-4,7-12,17H,5-6,13-16H2,1-2H3,(H,23,25). The van der Waals surface area contributed by atoms with Crippen LogP contribution in [-0.2, 0) is 24.2 Å². The molecule has 0 fully saturated rings. The molecule has 3 heteroatoms. The monoisotopic (exact) mass is 336 g/mol. The summed E-state index contributed by atoms with van der Waals surface area (Å²) in [5.74, 6) is 0.203. The summed E-state index contributed by atoms with van der Waals surface area (Å²) in [5.41, 5.74) is 5.56. The Morgan fingerprint density at radius 2 is 1.80 bits per heavy atom. The summed E-state index contributed by atoms with van der Waals surface area (Å²) in [5, 5.41) is 2.98. The van der Waals surface area contributed by atoms with Crippen LogP contribution in [0, 0.1) is 5.92 Å². The van der Waals surface area contributed by atoms with Gasteiger partial charge in [0.2, 0.25) is 5.91 Å². The van der Waals surface area contributed by atoms with Crippen molar-refractivity contribution in [3.63, 3.8) is 0 Å². The average Bonchev–Trinajstić information content (AvgIpc) is 2.65. The predicted molar refractivity (Wildman–Crippen MR) is 104 cm³/mol. The van der Waals surface area contributed by atoms with Gasteiger partial charge in [-0.2, -0.15) is 0 Å². The number of aryl methyl sites for hydroxylation is 1.